The Hall–Kier alpha value is -2.36. The van der Waals surface area contributed by atoms with E-state index in [9.17, 15) is 10.2 Å². The summed E-state index contributed by atoms with van der Waals surface area (Å²) in [5.74, 6) is 0.110. The predicted octanol–water partition coefficient (Wildman–Crippen LogP) is 4.66. The van der Waals surface area contributed by atoms with Gasteiger partial charge in [-0.2, -0.15) is 0 Å². The first-order valence-electron chi connectivity index (χ1n) is 6.16. The van der Waals surface area contributed by atoms with Crippen LogP contribution < -0.4 is 0 Å². The minimum absolute atomic E-state index is 0. The van der Waals surface area contributed by atoms with Gasteiger partial charge in [-0.25, -0.2) is 0 Å². The second-order valence-electron chi connectivity index (χ2n) is 4.34. The molecule has 0 bridgehead atoms. The van der Waals surface area contributed by atoms with E-state index in [1.165, 1.54) is 6.07 Å². The minimum atomic E-state index is 0. The molecule has 0 saturated carbocycles. The number of nitrogens with zero attached hydrogens (tertiary/aromatic N) is 2. The van der Waals surface area contributed by atoms with Crippen LogP contribution in [-0.2, 0) is 17.1 Å². The number of azo groups is 1. The van der Waals surface area contributed by atoms with Gasteiger partial charge in [-0.3, -0.25) is 0 Å². The zero-order chi connectivity index (χ0) is 13.9. The fourth-order valence-corrected chi connectivity index (χ4v) is 2.00. The normalized spacial score (nSPS) is 10.7. The largest absolute Gasteiger partial charge is 0.506 e. The smallest absolute Gasteiger partial charge is 0.143 e. The molecule has 0 radical (unpaired) electrons. The number of hydrogen-bond donors (Lipinski definition) is 2. The van der Waals surface area contributed by atoms with E-state index in [0.29, 0.717) is 11.4 Å². The summed E-state index contributed by atoms with van der Waals surface area (Å²) in [4.78, 5) is 0. The molecule has 21 heavy (non-hydrogen) atoms. The second-order valence-corrected chi connectivity index (χ2v) is 4.34. The third kappa shape index (κ3) is 3.05. The number of rotatable bonds is 2. The predicted molar refractivity (Wildman–Crippen MR) is 77.9 cm³/mol. The van der Waals surface area contributed by atoms with Gasteiger partial charge in [0.2, 0.25) is 0 Å². The molecule has 0 heterocycles. The molecule has 5 heteroatoms. The van der Waals surface area contributed by atoms with Gasteiger partial charge in [0.1, 0.15) is 22.9 Å². The van der Waals surface area contributed by atoms with E-state index in [2.05, 4.69) is 10.2 Å². The van der Waals surface area contributed by atoms with Crippen molar-refractivity contribution in [3.63, 3.8) is 0 Å². The molecule has 0 fully saturated rings. The molecular formula is C16H12FeN2O2. The maximum absolute atomic E-state index is 9.94. The van der Waals surface area contributed by atoms with Crippen LogP contribution in [0.15, 0.2) is 70.9 Å². The molecule has 4 nitrogen and oxygen atoms in total. The summed E-state index contributed by atoms with van der Waals surface area (Å²) in [7, 11) is 0. The van der Waals surface area contributed by atoms with Gasteiger partial charge in [-0.1, -0.05) is 42.5 Å². The monoisotopic (exact) mass is 320 g/mol. The number of hydrogen-bond acceptors (Lipinski definition) is 4. The van der Waals surface area contributed by atoms with Crippen molar-refractivity contribution >= 4 is 22.1 Å². The summed E-state index contributed by atoms with van der Waals surface area (Å²) in [6.45, 7) is 0. The second kappa shape index (κ2) is 6.39. The maximum atomic E-state index is 9.94. The molecule has 106 valence electrons. The Balaban J connectivity index is 0.00000161. The van der Waals surface area contributed by atoms with Crippen LogP contribution in [0, 0.1) is 0 Å². The van der Waals surface area contributed by atoms with Crippen LogP contribution in [-0.4, -0.2) is 10.2 Å². The van der Waals surface area contributed by atoms with E-state index in [1.54, 1.807) is 24.3 Å². The van der Waals surface area contributed by atoms with Crippen LogP contribution in [0.25, 0.3) is 10.8 Å². The third-order valence-electron chi connectivity index (χ3n) is 3.02. The molecule has 0 aliphatic carbocycles. The zero-order valence-electron chi connectivity index (χ0n) is 10.9. The SMILES string of the molecule is Oc1ccccc1N=Nc1c(O)ccc2ccccc12.[Fe]. The number of para-hydroxylation sites is 1. The molecule has 0 atom stereocenters. The Kier molecular flexibility index (Phi) is 4.58. The first-order chi connectivity index (χ1) is 9.75. The number of phenolic OH excluding ortho intramolecular Hbond substituents is 2. The Bertz CT molecular complexity index is 803. The van der Waals surface area contributed by atoms with Crippen molar-refractivity contribution in [2.75, 3.05) is 0 Å². The van der Waals surface area contributed by atoms with Gasteiger partial charge >= 0.3 is 0 Å². The summed E-state index contributed by atoms with van der Waals surface area (Å²) in [5, 5.41) is 29.5. The summed E-state index contributed by atoms with van der Waals surface area (Å²) in [6.07, 6.45) is 0. The van der Waals surface area contributed by atoms with E-state index in [-0.39, 0.29) is 28.6 Å². The molecule has 0 aliphatic heterocycles. The van der Waals surface area contributed by atoms with E-state index < -0.39 is 0 Å². The summed E-state index contributed by atoms with van der Waals surface area (Å²) in [6, 6.07) is 17.7. The van der Waals surface area contributed by atoms with Crippen molar-refractivity contribution in [1.82, 2.24) is 0 Å². The summed E-state index contributed by atoms with van der Waals surface area (Å²) < 4.78 is 0. The van der Waals surface area contributed by atoms with Gasteiger partial charge in [-0.05, 0) is 23.6 Å². The van der Waals surface area contributed by atoms with Gasteiger partial charge < -0.3 is 10.2 Å². The van der Waals surface area contributed by atoms with Crippen molar-refractivity contribution in [2.24, 2.45) is 10.2 Å². The van der Waals surface area contributed by atoms with E-state index in [0.717, 1.165) is 10.8 Å². The average molecular weight is 320 g/mol. The molecule has 0 unspecified atom stereocenters. The van der Waals surface area contributed by atoms with Crippen LogP contribution in [0.1, 0.15) is 0 Å². The van der Waals surface area contributed by atoms with E-state index >= 15 is 0 Å². The van der Waals surface area contributed by atoms with E-state index in [4.69, 9.17) is 0 Å². The molecule has 0 amide bonds. The standard InChI is InChI=1S/C16H12N2O2.Fe/c19-14-8-4-3-7-13(14)17-18-16-12-6-2-1-5-11(12)9-10-15(16)20;/h1-10,19-20H;. The number of fused-ring (bicyclic) bond motifs is 1. The van der Waals surface area contributed by atoms with E-state index in [1.807, 2.05) is 30.3 Å². The molecule has 0 spiro atoms. The van der Waals surface area contributed by atoms with Crippen molar-refractivity contribution in [3.8, 4) is 11.5 Å². The number of phenols is 2. The fourth-order valence-electron chi connectivity index (χ4n) is 2.00. The zero-order valence-corrected chi connectivity index (χ0v) is 12.0. The van der Waals surface area contributed by atoms with Crippen LogP contribution in [0.3, 0.4) is 0 Å². The molecule has 0 aliphatic rings. The topological polar surface area (TPSA) is 65.2 Å². The first kappa shape index (κ1) is 15.0. The van der Waals surface area contributed by atoms with Crippen LogP contribution >= 0.6 is 0 Å². The Morgan fingerprint density at radius 3 is 2.19 bits per heavy atom. The molecule has 3 rings (SSSR count). The van der Waals surface area contributed by atoms with Gasteiger partial charge in [0.15, 0.2) is 0 Å². The number of aromatic hydroxyl groups is 2. The summed E-state index contributed by atoms with van der Waals surface area (Å²) >= 11 is 0. The molecule has 2 N–H and O–H groups in total. The molecule has 3 aromatic carbocycles. The summed E-state index contributed by atoms with van der Waals surface area (Å²) in [5.41, 5.74) is 0.756. The van der Waals surface area contributed by atoms with Crippen molar-refractivity contribution in [3.05, 3.63) is 60.7 Å². The fraction of sp³-hybridized carbons (Fsp3) is 0. The van der Waals surface area contributed by atoms with Gasteiger partial charge in [-0.15, -0.1) is 10.2 Å². The van der Waals surface area contributed by atoms with Crippen molar-refractivity contribution in [2.45, 2.75) is 0 Å². The maximum Gasteiger partial charge on any atom is 0.143 e. The van der Waals surface area contributed by atoms with Gasteiger partial charge in [0.05, 0.1) is 0 Å². The first-order valence-corrected chi connectivity index (χ1v) is 6.16. The third-order valence-corrected chi connectivity index (χ3v) is 3.02. The van der Waals surface area contributed by atoms with Crippen LogP contribution in [0.4, 0.5) is 11.4 Å². The molecule has 3 aromatic rings. The van der Waals surface area contributed by atoms with Crippen molar-refractivity contribution < 1.29 is 27.3 Å². The Labute approximate surface area is 132 Å². The quantitative estimate of drug-likeness (QED) is 0.532. The Morgan fingerprint density at radius 1 is 0.667 bits per heavy atom. The minimum Gasteiger partial charge on any atom is -0.506 e. The molecular weight excluding hydrogens is 308 g/mol. The average Bonchev–Trinajstić information content (AvgIpc) is 2.48. The number of benzene rings is 3. The van der Waals surface area contributed by atoms with Crippen LogP contribution in [0.5, 0.6) is 11.5 Å². The molecule has 0 aromatic heterocycles. The van der Waals surface area contributed by atoms with Crippen molar-refractivity contribution in [1.29, 1.82) is 0 Å². The van der Waals surface area contributed by atoms with Crippen LogP contribution in [0.2, 0.25) is 0 Å². The molecule has 0 saturated heterocycles. The van der Waals surface area contributed by atoms with Gasteiger partial charge in [0.25, 0.3) is 0 Å². The Morgan fingerprint density at radius 2 is 1.38 bits per heavy atom. The van der Waals surface area contributed by atoms with Gasteiger partial charge in [0, 0.05) is 22.5 Å².